The fraction of sp³-hybridized carbons (Fsp3) is 0.368. The van der Waals surface area contributed by atoms with Crippen molar-refractivity contribution < 1.29 is 18.0 Å². The standard InChI is InChI=1S/C19H20F3N3O/c20-19(21,22)16-3-1-2-14(12-16)13-25-10-6-17(7-11-25)24-18(26)15-4-8-23-9-5-15/h1-5,8-9,12,17H,6-7,10-11,13H2,(H,24,26). The Morgan fingerprint density at radius 2 is 1.85 bits per heavy atom. The van der Waals surface area contributed by atoms with Gasteiger partial charge in [-0.1, -0.05) is 18.2 Å². The second-order valence-corrected chi connectivity index (χ2v) is 6.46. The Hall–Kier alpha value is -2.41. The molecular formula is C19H20F3N3O. The molecule has 2 aromatic rings. The van der Waals surface area contributed by atoms with E-state index >= 15 is 0 Å². The molecular weight excluding hydrogens is 343 g/mol. The fourth-order valence-corrected chi connectivity index (χ4v) is 3.11. The topological polar surface area (TPSA) is 45.2 Å². The van der Waals surface area contributed by atoms with Gasteiger partial charge in [0.1, 0.15) is 0 Å². The molecule has 3 rings (SSSR count). The number of carbonyl (C=O) groups is 1. The number of hydrogen-bond donors (Lipinski definition) is 1. The molecule has 0 unspecified atom stereocenters. The number of aromatic nitrogens is 1. The number of nitrogens with one attached hydrogen (secondary N) is 1. The second kappa shape index (κ2) is 7.86. The minimum absolute atomic E-state index is 0.0772. The molecule has 0 atom stereocenters. The van der Waals surface area contributed by atoms with E-state index in [2.05, 4.69) is 15.2 Å². The van der Waals surface area contributed by atoms with Crippen LogP contribution >= 0.6 is 0 Å². The summed E-state index contributed by atoms with van der Waals surface area (Å²) in [4.78, 5) is 18.2. The van der Waals surface area contributed by atoms with Gasteiger partial charge >= 0.3 is 6.18 Å². The van der Waals surface area contributed by atoms with Crippen molar-refractivity contribution in [3.8, 4) is 0 Å². The molecule has 0 aliphatic carbocycles. The van der Waals surface area contributed by atoms with Crippen molar-refractivity contribution in [2.24, 2.45) is 0 Å². The van der Waals surface area contributed by atoms with E-state index in [-0.39, 0.29) is 11.9 Å². The van der Waals surface area contributed by atoms with E-state index in [0.29, 0.717) is 17.7 Å². The van der Waals surface area contributed by atoms with E-state index in [9.17, 15) is 18.0 Å². The molecule has 1 aliphatic rings. The first-order valence-electron chi connectivity index (χ1n) is 8.51. The Labute approximate surface area is 150 Å². The molecule has 0 spiro atoms. The third-order valence-electron chi connectivity index (χ3n) is 4.53. The molecule has 1 saturated heterocycles. The molecule has 26 heavy (non-hydrogen) atoms. The summed E-state index contributed by atoms with van der Waals surface area (Å²) in [5.74, 6) is -0.122. The average molecular weight is 363 g/mol. The Morgan fingerprint density at radius 3 is 2.50 bits per heavy atom. The Balaban J connectivity index is 1.51. The highest BCUT2D eigenvalue weighted by Gasteiger charge is 2.30. The van der Waals surface area contributed by atoms with Crippen molar-refractivity contribution in [2.75, 3.05) is 13.1 Å². The number of likely N-dealkylation sites (tertiary alicyclic amines) is 1. The molecule has 1 fully saturated rings. The number of rotatable bonds is 4. The third-order valence-corrected chi connectivity index (χ3v) is 4.53. The lowest BCUT2D eigenvalue weighted by Gasteiger charge is -2.32. The van der Waals surface area contributed by atoms with Crippen LogP contribution in [0.2, 0.25) is 0 Å². The predicted molar refractivity (Wildman–Crippen MR) is 91.4 cm³/mol. The second-order valence-electron chi connectivity index (χ2n) is 6.46. The zero-order valence-electron chi connectivity index (χ0n) is 14.2. The van der Waals surface area contributed by atoms with Crippen molar-refractivity contribution >= 4 is 5.91 Å². The first-order valence-corrected chi connectivity index (χ1v) is 8.51. The quantitative estimate of drug-likeness (QED) is 0.904. The molecule has 138 valence electrons. The molecule has 1 aliphatic heterocycles. The summed E-state index contributed by atoms with van der Waals surface area (Å²) in [6.07, 6.45) is 0.380. The van der Waals surface area contributed by atoms with Crippen molar-refractivity contribution in [1.82, 2.24) is 15.2 Å². The summed E-state index contributed by atoms with van der Waals surface area (Å²) >= 11 is 0. The van der Waals surface area contributed by atoms with Gasteiger partial charge in [0.25, 0.3) is 5.91 Å². The zero-order valence-corrected chi connectivity index (χ0v) is 14.2. The minimum atomic E-state index is -4.32. The Morgan fingerprint density at radius 1 is 1.15 bits per heavy atom. The van der Waals surface area contributed by atoms with Gasteiger partial charge in [-0.3, -0.25) is 14.7 Å². The van der Waals surface area contributed by atoms with Crippen LogP contribution in [0, 0.1) is 0 Å². The number of alkyl halides is 3. The van der Waals surface area contributed by atoms with Crippen LogP contribution in [0.5, 0.6) is 0 Å². The summed E-state index contributed by atoms with van der Waals surface area (Å²) in [7, 11) is 0. The maximum absolute atomic E-state index is 12.8. The highest BCUT2D eigenvalue weighted by molar-refractivity contribution is 5.94. The predicted octanol–water partition coefficient (Wildman–Crippen LogP) is 3.49. The number of amides is 1. The molecule has 1 aromatic carbocycles. The first kappa shape index (κ1) is 18.4. The molecule has 4 nitrogen and oxygen atoms in total. The van der Waals surface area contributed by atoms with Gasteiger partial charge in [-0.15, -0.1) is 0 Å². The van der Waals surface area contributed by atoms with E-state index in [0.717, 1.165) is 32.0 Å². The molecule has 1 aromatic heterocycles. The van der Waals surface area contributed by atoms with E-state index in [1.165, 1.54) is 12.1 Å². The van der Waals surface area contributed by atoms with Gasteiger partial charge in [0.15, 0.2) is 0 Å². The van der Waals surface area contributed by atoms with E-state index in [1.54, 1.807) is 30.6 Å². The maximum Gasteiger partial charge on any atom is 0.416 e. The summed E-state index contributed by atoms with van der Waals surface area (Å²) in [5.41, 5.74) is 0.611. The molecule has 7 heteroatoms. The van der Waals surface area contributed by atoms with Gasteiger partial charge in [0.2, 0.25) is 0 Å². The Bertz CT molecular complexity index is 741. The highest BCUT2D eigenvalue weighted by Crippen LogP contribution is 2.30. The molecule has 0 saturated carbocycles. The van der Waals surface area contributed by atoms with Gasteiger partial charge in [-0.2, -0.15) is 13.2 Å². The SMILES string of the molecule is O=C(NC1CCN(Cc2cccc(C(F)(F)F)c2)CC1)c1ccncc1. The van der Waals surface area contributed by atoms with Gasteiger partial charge in [0, 0.05) is 43.6 Å². The molecule has 1 N–H and O–H groups in total. The van der Waals surface area contributed by atoms with Crippen LogP contribution in [0.1, 0.15) is 34.3 Å². The van der Waals surface area contributed by atoms with Crippen molar-refractivity contribution in [3.05, 3.63) is 65.5 Å². The van der Waals surface area contributed by atoms with E-state index in [1.807, 2.05) is 0 Å². The van der Waals surface area contributed by atoms with E-state index in [4.69, 9.17) is 0 Å². The zero-order chi connectivity index (χ0) is 18.6. The number of nitrogens with zero attached hydrogens (tertiary/aromatic N) is 2. The monoisotopic (exact) mass is 363 g/mol. The lowest BCUT2D eigenvalue weighted by molar-refractivity contribution is -0.137. The maximum atomic E-state index is 12.8. The van der Waals surface area contributed by atoms with Gasteiger partial charge in [-0.25, -0.2) is 0 Å². The van der Waals surface area contributed by atoms with Gasteiger partial charge < -0.3 is 5.32 Å². The van der Waals surface area contributed by atoms with E-state index < -0.39 is 11.7 Å². The molecule has 0 bridgehead atoms. The third kappa shape index (κ3) is 4.82. The number of hydrogen-bond acceptors (Lipinski definition) is 3. The first-order chi connectivity index (χ1) is 12.4. The van der Waals surface area contributed by atoms with Crippen molar-refractivity contribution in [3.63, 3.8) is 0 Å². The minimum Gasteiger partial charge on any atom is -0.349 e. The lowest BCUT2D eigenvalue weighted by Crippen LogP contribution is -2.44. The van der Waals surface area contributed by atoms with Crippen LogP contribution < -0.4 is 5.32 Å². The number of carbonyl (C=O) groups excluding carboxylic acids is 1. The van der Waals surface area contributed by atoms with Crippen LogP contribution in [-0.4, -0.2) is 34.9 Å². The molecule has 2 heterocycles. The van der Waals surface area contributed by atoms with Crippen LogP contribution in [0.4, 0.5) is 13.2 Å². The summed E-state index contributed by atoms with van der Waals surface area (Å²) in [6, 6.07) is 8.86. The highest BCUT2D eigenvalue weighted by atomic mass is 19.4. The number of halogens is 3. The van der Waals surface area contributed by atoms with Crippen LogP contribution in [0.3, 0.4) is 0 Å². The number of pyridine rings is 1. The largest absolute Gasteiger partial charge is 0.416 e. The van der Waals surface area contributed by atoms with Gasteiger partial charge in [-0.05, 0) is 36.6 Å². The average Bonchev–Trinajstić information content (AvgIpc) is 2.63. The normalized spacial score (nSPS) is 16.4. The summed E-state index contributed by atoms with van der Waals surface area (Å²) in [5, 5.41) is 3.01. The Kier molecular flexibility index (Phi) is 5.56. The molecule has 0 radical (unpaired) electrons. The fourth-order valence-electron chi connectivity index (χ4n) is 3.11. The van der Waals surface area contributed by atoms with Crippen LogP contribution in [0.15, 0.2) is 48.8 Å². The van der Waals surface area contributed by atoms with Crippen LogP contribution in [0.25, 0.3) is 0 Å². The number of piperidine rings is 1. The van der Waals surface area contributed by atoms with Crippen LogP contribution in [-0.2, 0) is 12.7 Å². The summed E-state index contributed by atoms with van der Waals surface area (Å²) in [6.45, 7) is 1.95. The smallest absolute Gasteiger partial charge is 0.349 e. The van der Waals surface area contributed by atoms with Gasteiger partial charge in [0.05, 0.1) is 5.56 Å². The van der Waals surface area contributed by atoms with Crippen molar-refractivity contribution in [2.45, 2.75) is 31.6 Å². The number of benzene rings is 1. The lowest BCUT2D eigenvalue weighted by atomic mass is 10.0. The summed E-state index contributed by atoms with van der Waals surface area (Å²) < 4.78 is 38.4. The molecule has 1 amide bonds. The van der Waals surface area contributed by atoms with Crippen molar-refractivity contribution in [1.29, 1.82) is 0 Å².